The molecule has 0 aliphatic heterocycles. The van der Waals surface area contributed by atoms with Gasteiger partial charge in [0, 0.05) is 18.5 Å². The summed E-state index contributed by atoms with van der Waals surface area (Å²) in [6, 6.07) is 17.1. The SMILES string of the molecule is COc1cc(/C=C/c2ccncc2)ccc1OC(=O)/C=C/c1ccc(C)cc1. The van der Waals surface area contributed by atoms with Gasteiger partial charge in [-0.25, -0.2) is 4.79 Å². The molecule has 0 radical (unpaired) electrons. The van der Waals surface area contributed by atoms with Crippen molar-refractivity contribution in [3.63, 3.8) is 0 Å². The second-order valence-electron chi connectivity index (χ2n) is 6.19. The van der Waals surface area contributed by atoms with E-state index in [1.54, 1.807) is 31.6 Å². The van der Waals surface area contributed by atoms with E-state index >= 15 is 0 Å². The fourth-order valence-corrected chi connectivity index (χ4v) is 2.52. The number of benzene rings is 2. The van der Waals surface area contributed by atoms with Crippen LogP contribution in [-0.4, -0.2) is 18.1 Å². The Kier molecular flexibility index (Phi) is 6.37. The molecule has 28 heavy (non-hydrogen) atoms. The van der Waals surface area contributed by atoms with Crippen molar-refractivity contribution in [1.29, 1.82) is 0 Å². The minimum atomic E-state index is -0.459. The Morgan fingerprint density at radius 1 is 0.821 bits per heavy atom. The summed E-state index contributed by atoms with van der Waals surface area (Å²) in [5, 5.41) is 0. The number of nitrogens with zero attached hydrogens (tertiary/aromatic N) is 1. The Morgan fingerprint density at radius 2 is 1.46 bits per heavy atom. The van der Waals surface area contributed by atoms with Gasteiger partial charge in [0.1, 0.15) is 0 Å². The molecule has 2 aromatic carbocycles. The lowest BCUT2D eigenvalue weighted by molar-refractivity contribution is -0.129. The molecule has 0 spiro atoms. The molecule has 1 aromatic heterocycles. The number of esters is 1. The van der Waals surface area contributed by atoms with Crippen molar-refractivity contribution >= 4 is 24.2 Å². The Balaban J connectivity index is 1.69. The number of carbonyl (C=O) groups excluding carboxylic acids is 1. The highest BCUT2D eigenvalue weighted by atomic mass is 16.6. The van der Waals surface area contributed by atoms with Crippen LogP contribution in [0.15, 0.2) is 73.1 Å². The molecule has 0 saturated carbocycles. The summed E-state index contributed by atoms with van der Waals surface area (Å²) in [4.78, 5) is 16.1. The fraction of sp³-hybridized carbons (Fsp3) is 0.0833. The van der Waals surface area contributed by atoms with Crippen LogP contribution in [0.5, 0.6) is 11.5 Å². The number of pyridine rings is 1. The molecule has 0 aliphatic rings. The normalized spacial score (nSPS) is 11.1. The molecule has 4 heteroatoms. The second-order valence-corrected chi connectivity index (χ2v) is 6.19. The highest BCUT2D eigenvalue weighted by Crippen LogP contribution is 2.29. The van der Waals surface area contributed by atoms with E-state index < -0.39 is 5.97 Å². The third-order valence-electron chi connectivity index (χ3n) is 4.06. The van der Waals surface area contributed by atoms with Gasteiger partial charge >= 0.3 is 5.97 Å². The number of ether oxygens (including phenoxy) is 2. The first-order valence-electron chi connectivity index (χ1n) is 8.87. The number of aromatic nitrogens is 1. The monoisotopic (exact) mass is 371 g/mol. The smallest absolute Gasteiger partial charge is 0.336 e. The van der Waals surface area contributed by atoms with E-state index in [1.165, 1.54) is 11.6 Å². The average Bonchev–Trinajstić information content (AvgIpc) is 2.73. The Morgan fingerprint density at radius 3 is 2.18 bits per heavy atom. The van der Waals surface area contributed by atoms with E-state index in [-0.39, 0.29) is 0 Å². The van der Waals surface area contributed by atoms with Gasteiger partial charge in [-0.15, -0.1) is 0 Å². The van der Waals surface area contributed by atoms with Gasteiger partial charge in [0.2, 0.25) is 0 Å². The fourth-order valence-electron chi connectivity index (χ4n) is 2.52. The maximum Gasteiger partial charge on any atom is 0.336 e. The van der Waals surface area contributed by atoms with Crippen LogP contribution in [0.3, 0.4) is 0 Å². The van der Waals surface area contributed by atoms with Crippen LogP contribution in [0.1, 0.15) is 22.3 Å². The first-order valence-corrected chi connectivity index (χ1v) is 8.87. The summed E-state index contributed by atoms with van der Waals surface area (Å²) in [6.45, 7) is 2.02. The van der Waals surface area contributed by atoms with Crippen LogP contribution in [0.25, 0.3) is 18.2 Å². The molecule has 0 fully saturated rings. The Hall–Kier alpha value is -3.66. The number of methoxy groups -OCH3 is 1. The minimum Gasteiger partial charge on any atom is -0.493 e. The third-order valence-corrected chi connectivity index (χ3v) is 4.06. The zero-order chi connectivity index (χ0) is 19.8. The molecular formula is C24H21NO3. The molecular weight excluding hydrogens is 350 g/mol. The molecule has 3 rings (SSSR count). The minimum absolute atomic E-state index is 0.377. The van der Waals surface area contributed by atoms with Gasteiger partial charge in [0.25, 0.3) is 0 Å². The van der Waals surface area contributed by atoms with Crippen LogP contribution < -0.4 is 9.47 Å². The predicted molar refractivity (Wildman–Crippen MR) is 112 cm³/mol. The number of hydrogen-bond donors (Lipinski definition) is 0. The standard InChI is InChI=1S/C24H21NO3/c1-18-3-5-19(6-4-18)10-12-24(26)28-22-11-9-21(17-23(22)27-2)8-7-20-13-15-25-16-14-20/h3-17H,1-2H3/b8-7+,12-10+. The molecule has 4 nitrogen and oxygen atoms in total. The molecule has 0 bridgehead atoms. The van der Waals surface area contributed by atoms with Gasteiger partial charge in [0.05, 0.1) is 7.11 Å². The first kappa shape index (κ1) is 19.1. The largest absolute Gasteiger partial charge is 0.493 e. The molecule has 0 saturated heterocycles. The highest BCUT2D eigenvalue weighted by molar-refractivity contribution is 5.89. The van der Waals surface area contributed by atoms with Gasteiger partial charge in [0.15, 0.2) is 11.5 Å². The third kappa shape index (κ3) is 5.42. The van der Waals surface area contributed by atoms with E-state index in [0.717, 1.165) is 16.7 Å². The van der Waals surface area contributed by atoms with Crippen molar-refractivity contribution in [2.45, 2.75) is 6.92 Å². The number of rotatable bonds is 6. The van der Waals surface area contributed by atoms with Gasteiger partial charge < -0.3 is 9.47 Å². The zero-order valence-corrected chi connectivity index (χ0v) is 15.8. The number of aryl methyl sites for hydroxylation is 1. The summed E-state index contributed by atoms with van der Waals surface area (Å²) in [5.74, 6) is 0.412. The lowest BCUT2D eigenvalue weighted by Gasteiger charge is -2.08. The van der Waals surface area contributed by atoms with Crippen molar-refractivity contribution < 1.29 is 14.3 Å². The van der Waals surface area contributed by atoms with Crippen LogP contribution >= 0.6 is 0 Å². The van der Waals surface area contributed by atoms with Gasteiger partial charge in [-0.05, 0) is 54.0 Å². The lowest BCUT2D eigenvalue weighted by atomic mass is 10.1. The van der Waals surface area contributed by atoms with Crippen LogP contribution in [0.2, 0.25) is 0 Å². The van der Waals surface area contributed by atoms with Crippen molar-refractivity contribution in [2.24, 2.45) is 0 Å². The van der Waals surface area contributed by atoms with Crippen LogP contribution in [-0.2, 0) is 4.79 Å². The zero-order valence-electron chi connectivity index (χ0n) is 15.8. The molecule has 0 amide bonds. The van der Waals surface area contributed by atoms with Crippen LogP contribution in [0, 0.1) is 6.92 Å². The van der Waals surface area contributed by atoms with Gasteiger partial charge in [-0.2, -0.15) is 0 Å². The summed E-state index contributed by atoms with van der Waals surface area (Å²) in [6.07, 6.45) is 10.6. The number of carbonyl (C=O) groups is 1. The van der Waals surface area contributed by atoms with Crippen molar-refractivity contribution in [3.05, 3.63) is 95.3 Å². The number of hydrogen-bond acceptors (Lipinski definition) is 4. The van der Waals surface area contributed by atoms with Gasteiger partial charge in [-0.1, -0.05) is 48.0 Å². The van der Waals surface area contributed by atoms with E-state index in [2.05, 4.69) is 4.98 Å². The summed E-state index contributed by atoms with van der Waals surface area (Å²) in [5.41, 5.74) is 4.09. The lowest BCUT2D eigenvalue weighted by Crippen LogP contribution is -2.05. The molecule has 0 unspecified atom stereocenters. The topological polar surface area (TPSA) is 48.4 Å². The molecule has 3 aromatic rings. The molecule has 140 valence electrons. The van der Waals surface area contributed by atoms with E-state index in [1.807, 2.05) is 67.6 Å². The Labute approximate surface area is 164 Å². The van der Waals surface area contributed by atoms with E-state index in [9.17, 15) is 4.79 Å². The molecule has 0 aliphatic carbocycles. The Bertz CT molecular complexity index is 990. The summed E-state index contributed by atoms with van der Waals surface area (Å²) >= 11 is 0. The maximum atomic E-state index is 12.1. The van der Waals surface area contributed by atoms with Crippen molar-refractivity contribution in [1.82, 2.24) is 4.98 Å². The maximum absolute atomic E-state index is 12.1. The first-order chi connectivity index (χ1) is 13.6. The molecule has 0 N–H and O–H groups in total. The van der Waals surface area contributed by atoms with Crippen LogP contribution in [0.4, 0.5) is 0 Å². The van der Waals surface area contributed by atoms with E-state index in [0.29, 0.717) is 11.5 Å². The average molecular weight is 371 g/mol. The van der Waals surface area contributed by atoms with Crippen molar-refractivity contribution in [3.8, 4) is 11.5 Å². The predicted octanol–water partition coefficient (Wildman–Crippen LogP) is 5.19. The van der Waals surface area contributed by atoms with E-state index in [4.69, 9.17) is 9.47 Å². The van der Waals surface area contributed by atoms with Crippen molar-refractivity contribution in [2.75, 3.05) is 7.11 Å². The van der Waals surface area contributed by atoms with Gasteiger partial charge in [-0.3, -0.25) is 4.98 Å². The summed E-state index contributed by atoms with van der Waals surface area (Å²) in [7, 11) is 1.55. The second kappa shape index (κ2) is 9.33. The highest BCUT2D eigenvalue weighted by Gasteiger charge is 2.08. The molecule has 0 atom stereocenters. The quantitative estimate of drug-likeness (QED) is 0.340. The molecule has 1 heterocycles. The summed E-state index contributed by atoms with van der Waals surface area (Å²) < 4.78 is 10.8.